The number of alkyl halides is 3. The van der Waals surface area contributed by atoms with E-state index in [2.05, 4.69) is 27.2 Å². The van der Waals surface area contributed by atoms with Gasteiger partial charge in [0, 0.05) is 31.6 Å². The summed E-state index contributed by atoms with van der Waals surface area (Å²) in [5, 5.41) is 18.5. The van der Waals surface area contributed by atoms with E-state index in [9.17, 15) is 22.7 Å². The highest BCUT2D eigenvalue weighted by Crippen LogP contribution is 2.40. The van der Waals surface area contributed by atoms with Gasteiger partial charge in [0.1, 0.15) is 17.3 Å². The summed E-state index contributed by atoms with van der Waals surface area (Å²) in [5.74, 6) is 0.490. The highest BCUT2D eigenvalue weighted by atomic mass is 19.4. The summed E-state index contributed by atoms with van der Waals surface area (Å²) in [6.07, 6.45) is -4.32. The largest absolute Gasteiger partial charge is 0.423 e. The molecule has 0 spiro atoms. The van der Waals surface area contributed by atoms with E-state index in [0.717, 1.165) is 60.3 Å². The molecule has 0 saturated carbocycles. The van der Waals surface area contributed by atoms with Crippen molar-refractivity contribution in [3.05, 3.63) is 71.8 Å². The van der Waals surface area contributed by atoms with Crippen LogP contribution in [0.5, 0.6) is 0 Å². The summed E-state index contributed by atoms with van der Waals surface area (Å²) in [6, 6.07) is 14.0. The fourth-order valence-corrected chi connectivity index (χ4v) is 4.70. The van der Waals surface area contributed by atoms with Gasteiger partial charge in [0.2, 0.25) is 5.60 Å². The first-order chi connectivity index (χ1) is 18.1. The fourth-order valence-electron chi connectivity index (χ4n) is 4.70. The van der Waals surface area contributed by atoms with Crippen LogP contribution in [0.1, 0.15) is 24.6 Å². The van der Waals surface area contributed by atoms with Crippen molar-refractivity contribution in [2.45, 2.75) is 31.7 Å². The predicted octanol–water partition coefficient (Wildman–Crippen LogP) is 4.59. The zero-order chi connectivity index (χ0) is 27.1. The van der Waals surface area contributed by atoms with Gasteiger partial charge in [0.25, 0.3) is 0 Å². The van der Waals surface area contributed by atoms with E-state index in [-0.39, 0.29) is 12.4 Å². The van der Waals surface area contributed by atoms with Gasteiger partial charge in [0.05, 0.1) is 18.3 Å². The molecule has 11 heteroatoms. The molecule has 4 aromatic rings. The minimum Gasteiger partial charge on any atom is -0.375 e. The fraction of sp³-hybridized carbons (Fsp3) is 0.370. The highest BCUT2D eigenvalue weighted by molar-refractivity contribution is 5.96. The molecule has 1 N–H and O–H groups in total. The van der Waals surface area contributed by atoms with Crippen molar-refractivity contribution in [3.8, 4) is 11.1 Å². The van der Waals surface area contributed by atoms with Crippen LogP contribution in [0.25, 0.3) is 22.0 Å². The molecule has 5 rings (SSSR count). The van der Waals surface area contributed by atoms with Crippen LogP contribution in [0, 0.1) is 5.82 Å². The lowest BCUT2D eigenvalue weighted by atomic mass is 9.96. The van der Waals surface area contributed by atoms with Crippen LogP contribution >= 0.6 is 0 Å². The minimum atomic E-state index is -4.87. The first-order valence-corrected chi connectivity index (χ1v) is 12.4. The van der Waals surface area contributed by atoms with Gasteiger partial charge < -0.3 is 14.9 Å². The molecule has 0 amide bonds. The quantitative estimate of drug-likeness (QED) is 0.369. The third-order valence-electron chi connectivity index (χ3n) is 7.13. The maximum atomic E-state index is 13.6. The number of halogens is 4. The number of fused-ring (bicyclic) bond motifs is 1. The van der Waals surface area contributed by atoms with E-state index >= 15 is 0 Å². The Morgan fingerprint density at radius 2 is 1.68 bits per heavy atom. The summed E-state index contributed by atoms with van der Waals surface area (Å²) >= 11 is 0. The van der Waals surface area contributed by atoms with Crippen molar-refractivity contribution < 1.29 is 22.7 Å². The average molecular weight is 529 g/mol. The van der Waals surface area contributed by atoms with Crippen molar-refractivity contribution in [3.63, 3.8) is 0 Å². The van der Waals surface area contributed by atoms with Gasteiger partial charge >= 0.3 is 6.18 Å². The molecular formula is C27H28F4N6O. The van der Waals surface area contributed by atoms with E-state index in [1.165, 1.54) is 23.7 Å². The summed E-state index contributed by atoms with van der Waals surface area (Å²) in [4.78, 5) is 9.38. The van der Waals surface area contributed by atoms with Crippen LogP contribution in [0.15, 0.2) is 54.7 Å². The lowest BCUT2D eigenvalue weighted by molar-refractivity contribution is -0.269. The normalized spacial score (nSPS) is 16.7. The van der Waals surface area contributed by atoms with Crippen LogP contribution in [0.3, 0.4) is 0 Å². The van der Waals surface area contributed by atoms with Gasteiger partial charge in [-0.25, -0.2) is 14.1 Å². The van der Waals surface area contributed by atoms with Gasteiger partial charge in [-0.15, -0.1) is 5.10 Å². The molecule has 1 atom stereocenters. The molecule has 7 nitrogen and oxygen atoms in total. The molecule has 0 radical (unpaired) electrons. The zero-order valence-electron chi connectivity index (χ0n) is 21.1. The Kier molecular flexibility index (Phi) is 6.83. The van der Waals surface area contributed by atoms with Crippen LogP contribution in [-0.2, 0) is 12.1 Å². The molecule has 1 fully saturated rings. The number of benzene rings is 2. The Bertz CT molecular complexity index is 1430. The standard InChI is InChI=1S/C27H28F4N6O/c1-3-26(38,27(29,30)31)24-17-37(34-33-24)16-18-4-9-21-22(19-5-7-20(28)8-6-19)15-25(32-23(21)14-18)36-12-10-35(2)11-13-36/h4-9,14-15,17,38H,3,10-13,16H2,1-2H3/t26-/m0/s1. The first kappa shape index (κ1) is 26.1. The van der Waals surface area contributed by atoms with Crippen LogP contribution in [0.4, 0.5) is 23.4 Å². The number of likely N-dealkylation sites (N-methyl/N-ethyl adjacent to an activating group) is 1. The number of aromatic nitrogens is 4. The molecule has 1 aliphatic rings. The van der Waals surface area contributed by atoms with E-state index in [0.29, 0.717) is 5.52 Å². The maximum Gasteiger partial charge on any atom is 0.423 e. The molecule has 2 aromatic carbocycles. The van der Waals surface area contributed by atoms with E-state index in [1.54, 1.807) is 12.1 Å². The Morgan fingerprint density at radius 1 is 0.974 bits per heavy atom. The minimum absolute atomic E-state index is 0.146. The van der Waals surface area contributed by atoms with Crippen LogP contribution < -0.4 is 4.90 Å². The topological polar surface area (TPSA) is 70.3 Å². The molecule has 0 aliphatic carbocycles. The molecular weight excluding hydrogens is 500 g/mol. The molecule has 2 aromatic heterocycles. The number of rotatable bonds is 6. The predicted molar refractivity (Wildman–Crippen MR) is 136 cm³/mol. The Balaban J connectivity index is 1.52. The number of aliphatic hydroxyl groups is 1. The van der Waals surface area contributed by atoms with Crippen LogP contribution in [-0.4, -0.2) is 69.4 Å². The number of anilines is 1. The van der Waals surface area contributed by atoms with Crippen molar-refractivity contribution in [1.29, 1.82) is 0 Å². The number of pyridine rings is 1. The lowest BCUT2D eigenvalue weighted by Crippen LogP contribution is -2.44. The zero-order valence-corrected chi connectivity index (χ0v) is 21.1. The van der Waals surface area contributed by atoms with Gasteiger partial charge in [-0.05, 0) is 54.4 Å². The van der Waals surface area contributed by atoms with Gasteiger partial charge in [-0.3, -0.25) is 0 Å². The highest BCUT2D eigenvalue weighted by Gasteiger charge is 2.55. The SMILES string of the molecule is CC[C@](O)(c1cn(Cc2ccc3c(-c4ccc(F)cc4)cc(N4CCN(C)CC4)nc3c2)nn1)C(F)(F)F. The summed E-state index contributed by atoms with van der Waals surface area (Å²) < 4.78 is 55.3. The van der Waals surface area contributed by atoms with E-state index in [1.807, 2.05) is 24.3 Å². The van der Waals surface area contributed by atoms with Crippen molar-refractivity contribution in [2.24, 2.45) is 0 Å². The molecule has 0 bridgehead atoms. The molecule has 1 aliphatic heterocycles. The second kappa shape index (κ2) is 9.95. The average Bonchev–Trinajstić information content (AvgIpc) is 3.36. The Hall–Kier alpha value is -3.57. The Morgan fingerprint density at radius 3 is 2.34 bits per heavy atom. The molecule has 0 unspecified atom stereocenters. The van der Waals surface area contributed by atoms with Crippen molar-refractivity contribution in [1.82, 2.24) is 24.9 Å². The second-order valence-electron chi connectivity index (χ2n) is 9.69. The molecule has 38 heavy (non-hydrogen) atoms. The first-order valence-electron chi connectivity index (χ1n) is 12.4. The molecule has 1 saturated heterocycles. The van der Waals surface area contributed by atoms with Crippen LogP contribution in [0.2, 0.25) is 0 Å². The van der Waals surface area contributed by atoms with Gasteiger partial charge in [-0.2, -0.15) is 13.2 Å². The van der Waals surface area contributed by atoms with Crippen molar-refractivity contribution >= 4 is 16.7 Å². The maximum absolute atomic E-state index is 13.6. The second-order valence-corrected chi connectivity index (χ2v) is 9.69. The Labute approximate surface area is 217 Å². The van der Waals surface area contributed by atoms with Gasteiger partial charge in [-0.1, -0.05) is 36.4 Å². The van der Waals surface area contributed by atoms with Gasteiger partial charge in [0.15, 0.2) is 0 Å². The monoisotopic (exact) mass is 528 g/mol. The van der Waals surface area contributed by atoms with Crippen molar-refractivity contribution in [2.75, 3.05) is 38.1 Å². The van der Waals surface area contributed by atoms with E-state index in [4.69, 9.17) is 4.98 Å². The molecule has 3 heterocycles. The summed E-state index contributed by atoms with van der Waals surface area (Å²) in [6.45, 7) is 4.84. The summed E-state index contributed by atoms with van der Waals surface area (Å²) in [7, 11) is 2.08. The third kappa shape index (κ3) is 4.95. The lowest BCUT2D eigenvalue weighted by Gasteiger charge is -2.33. The smallest absolute Gasteiger partial charge is 0.375 e. The third-order valence-corrected chi connectivity index (χ3v) is 7.13. The molecule has 200 valence electrons. The number of hydrogen-bond acceptors (Lipinski definition) is 6. The van der Waals surface area contributed by atoms with E-state index < -0.39 is 23.9 Å². The number of piperazine rings is 1. The number of hydrogen-bond donors (Lipinski definition) is 1. The summed E-state index contributed by atoms with van der Waals surface area (Å²) in [5.41, 5.74) is -0.363. The number of nitrogens with zero attached hydrogens (tertiary/aromatic N) is 6.